The molecule has 0 atom stereocenters. The van der Waals surface area contributed by atoms with Gasteiger partial charge in [0.2, 0.25) is 0 Å². The SMILES string of the molecule is Cc1cccc(C(=O)NCc2cn(-c3ccccc3)nc2-c2ccccc2)c1NC(=O)c1ccncc1. The van der Waals surface area contributed by atoms with E-state index in [9.17, 15) is 9.59 Å². The molecule has 3 aromatic carbocycles. The van der Waals surface area contributed by atoms with E-state index < -0.39 is 0 Å². The average molecular weight is 488 g/mol. The Morgan fingerprint density at radius 2 is 1.51 bits per heavy atom. The van der Waals surface area contributed by atoms with E-state index >= 15 is 0 Å². The van der Waals surface area contributed by atoms with Gasteiger partial charge in [-0.25, -0.2) is 4.68 Å². The molecule has 37 heavy (non-hydrogen) atoms. The molecule has 0 aliphatic rings. The Balaban J connectivity index is 1.41. The van der Waals surface area contributed by atoms with Crippen molar-refractivity contribution in [1.29, 1.82) is 0 Å². The van der Waals surface area contributed by atoms with Crippen molar-refractivity contribution >= 4 is 17.5 Å². The van der Waals surface area contributed by atoms with Crippen LogP contribution in [0.2, 0.25) is 0 Å². The lowest BCUT2D eigenvalue weighted by atomic mass is 10.1. The molecule has 0 aliphatic heterocycles. The number of pyridine rings is 1. The number of para-hydroxylation sites is 2. The number of anilines is 1. The fraction of sp³-hybridized carbons (Fsp3) is 0.0667. The van der Waals surface area contributed by atoms with Crippen molar-refractivity contribution in [1.82, 2.24) is 20.1 Å². The summed E-state index contributed by atoms with van der Waals surface area (Å²) in [6.45, 7) is 2.12. The Hall–Kier alpha value is -5.04. The van der Waals surface area contributed by atoms with Gasteiger partial charge in [0.05, 0.1) is 22.6 Å². The van der Waals surface area contributed by atoms with E-state index in [1.54, 1.807) is 36.7 Å². The molecule has 7 nitrogen and oxygen atoms in total. The first-order chi connectivity index (χ1) is 18.1. The van der Waals surface area contributed by atoms with Crippen LogP contribution in [0.4, 0.5) is 5.69 Å². The van der Waals surface area contributed by atoms with Crippen LogP contribution in [0.5, 0.6) is 0 Å². The highest BCUT2D eigenvalue weighted by Crippen LogP contribution is 2.25. The number of nitrogens with zero attached hydrogens (tertiary/aromatic N) is 3. The third-order valence-corrected chi connectivity index (χ3v) is 6.00. The van der Waals surface area contributed by atoms with Gasteiger partial charge in [0, 0.05) is 41.8 Å². The lowest BCUT2D eigenvalue weighted by Crippen LogP contribution is -2.25. The number of carbonyl (C=O) groups is 2. The van der Waals surface area contributed by atoms with Gasteiger partial charge in [0.15, 0.2) is 0 Å². The molecule has 2 heterocycles. The molecule has 0 saturated carbocycles. The zero-order chi connectivity index (χ0) is 25.6. The summed E-state index contributed by atoms with van der Waals surface area (Å²) < 4.78 is 1.82. The van der Waals surface area contributed by atoms with Crippen LogP contribution >= 0.6 is 0 Å². The standard InChI is InChI=1S/C30H25N5O2/c1-21-9-8-14-26(27(21)33-29(36)23-15-17-31-18-16-23)30(37)32-19-24-20-35(25-12-6-3-7-13-25)34-28(24)22-10-4-2-5-11-22/h2-18,20H,19H2,1H3,(H,32,37)(H,33,36). The van der Waals surface area contributed by atoms with Crippen LogP contribution in [-0.2, 0) is 6.54 Å². The third-order valence-electron chi connectivity index (χ3n) is 6.00. The molecule has 7 heteroatoms. The number of hydrogen-bond donors (Lipinski definition) is 2. The van der Waals surface area contributed by atoms with Crippen molar-refractivity contribution in [3.8, 4) is 16.9 Å². The number of aromatic nitrogens is 3. The van der Waals surface area contributed by atoms with Gasteiger partial charge in [-0.1, -0.05) is 60.7 Å². The van der Waals surface area contributed by atoms with Crippen LogP contribution in [0.15, 0.2) is 110 Å². The van der Waals surface area contributed by atoms with Crippen molar-refractivity contribution in [2.75, 3.05) is 5.32 Å². The van der Waals surface area contributed by atoms with E-state index in [1.807, 2.05) is 84.5 Å². The minimum atomic E-state index is -0.304. The molecular weight excluding hydrogens is 462 g/mol. The van der Waals surface area contributed by atoms with E-state index in [-0.39, 0.29) is 18.4 Å². The predicted octanol–water partition coefficient (Wildman–Crippen LogP) is 5.43. The van der Waals surface area contributed by atoms with Gasteiger partial charge < -0.3 is 10.6 Å². The number of amides is 2. The van der Waals surface area contributed by atoms with Crippen LogP contribution in [-0.4, -0.2) is 26.6 Å². The van der Waals surface area contributed by atoms with Crippen LogP contribution in [0, 0.1) is 6.92 Å². The molecule has 0 unspecified atom stereocenters. The first kappa shape index (κ1) is 23.7. The monoisotopic (exact) mass is 487 g/mol. The molecule has 0 aliphatic carbocycles. The highest BCUT2D eigenvalue weighted by atomic mass is 16.2. The van der Waals surface area contributed by atoms with Gasteiger partial charge in [-0.3, -0.25) is 14.6 Å². The Morgan fingerprint density at radius 3 is 2.24 bits per heavy atom. The van der Waals surface area contributed by atoms with Gasteiger partial charge in [0.1, 0.15) is 0 Å². The second kappa shape index (κ2) is 10.7. The maximum Gasteiger partial charge on any atom is 0.255 e. The molecule has 0 fully saturated rings. The minimum absolute atomic E-state index is 0.265. The van der Waals surface area contributed by atoms with Gasteiger partial charge in [-0.15, -0.1) is 0 Å². The normalized spacial score (nSPS) is 10.6. The molecule has 0 spiro atoms. The molecule has 2 N–H and O–H groups in total. The van der Waals surface area contributed by atoms with E-state index in [0.717, 1.165) is 28.1 Å². The Kier molecular flexibility index (Phi) is 6.85. The van der Waals surface area contributed by atoms with Gasteiger partial charge in [-0.2, -0.15) is 5.10 Å². The van der Waals surface area contributed by atoms with E-state index in [0.29, 0.717) is 16.8 Å². The molecule has 0 bridgehead atoms. The zero-order valence-corrected chi connectivity index (χ0v) is 20.3. The number of nitrogens with one attached hydrogen (secondary N) is 2. The number of aryl methyl sites for hydroxylation is 1. The number of benzene rings is 3. The molecule has 0 radical (unpaired) electrons. The topological polar surface area (TPSA) is 88.9 Å². The highest BCUT2D eigenvalue weighted by Gasteiger charge is 2.18. The van der Waals surface area contributed by atoms with Crippen molar-refractivity contribution in [3.63, 3.8) is 0 Å². The summed E-state index contributed by atoms with van der Waals surface area (Å²) in [6.07, 6.45) is 5.04. The Morgan fingerprint density at radius 1 is 0.811 bits per heavy atom. The van der Waals surface area contributed by atoms with Crippen molar-refractivity contribution in [3.05, 3.63) is 132 Å². The number of rotatable bonds is 7. The maximum atomic E-state index is 13.3. The average Bonchev–Trinajstić information content (AvgIpc) is 3.38. The summed E-state index contributed by atoms with van der Waals surface area (Å²) in [6, 6.07) is 28.3. The summed E-state index contributed by atoms with van der Waals surface area (Å²) in [5.74, 6) is -0.596. The van der Waals surface area contributed by atoms with Crippen LogP contribution in [0.3, 0.4) is 0 Å². The van der Waals surface area contributed by atoms with Gasteiger partial charge in [-0.05, 0) is 42.8 Å². The molecule has 5 rings (SSSR count). The number of carbonyl (C=O) groups excluding carboxylic acids is 2. The summed E-state index contributed by atoms with van der Waals surface area (Å²) >= 11 is 0. The Bertz CT molecular complexity index is 1530. The first-order valence-electron chi connectivity index (χ1n) is 11.9. The molecule has 2 amide bonds. The lowest BCUT2D eigenvalue weighted by Gasteiger charge is -2.14. The molecule has 182 valence electrons. The largest absolute Gasteiger partial charge is 0.348 e. The first-order valence-corrected chi connectivity index (χ1v) is 11.9. The second-order valence-corrected chi connectivity index (χ2v) is 8.52. The van der Waals surface area contributed by atoms with E-state index in [2.05, 4.69) is 15.6 Å². The third kappa shape index (κ3) is 5.31. The number of hydrogen-bond acceptors (Lipinski definition) is 4. The lowest BCUT2D eigenvalue weighted by molar-refractivity contribution is 0.0952. The van der Waals surface area contributed by atoms with Crippen molar-refractivity contribution < 1.29 is 9.59 Å². The van der Waals surface area contributed by atoms with E-state index in [4.69, 9.17) is 5.10 Å². The second-order valence-electron chi connectivity index (χ2n) is 8.52. The quantitative estimate of drug-likeness (QED) is 0.321. The zero-order valence-electron chi connectivity index (χ0n) is 20.3. The molecule has 2 aromatic heterocycles. The van der Waals surface area contributed by atoms with Crippen LogP contribution in [0.1, 0.15) is 31.8 Å². The maximum absolute atomic E-state index is 13.3. The highest BCUT2D eigenvalue weighted by molar-refractivity contribution is 6.09. The van der Waals surface area contributed by atoms with Gasteiger partial charge >= 0.3 is 0 Å². The summed E-state index contributed by atoms with van der Waals surface area (Å²) in [5, 5.41) is 10.7. The van der Waals surface area contributed by atoms with Crippen LogP contribution in [0.25, 0.3) is 16.9 Å². The van der Waals surface area contributed by atoms with Crippen LogP contribution < -0.4 is 10.6 Å². The molecular formula is C30H25N5O2. The predicted molar refractivity (Wildman–Crippen MR) is 144 cm³/mol. The Labute approximate surface area is 214 Å². The summed E-state index contributed by atoms with van der Waals surface area (Å²) in [5.41, 5.74) is 5.67. The molecule has 5 aromatic rings. The summed E-state index contributed by atoms with van der Waals surface area (Å²) in [7, 11) is 0. The fourth-order valence-electron chi connectivity index (χ4n) is 4.07. The van der Waals surface area contributed by atoms with Crippen molar-refractivity contribution in [2.24, 2.45) is 0 Å². The fourth-order valence-corrected chi connectivity index (χ4v) is 4.07. The van der Waals surface area contributed by atoms with E-state index in [1.165, 1.54) is 0 Å². The molecule has 0 saturated heterocycles. The van der Waals surface area contributed by atoms with Crippen molar-refractivity contribution in [2.45, 2.75) is 13.5 Å². The smallest absolute Gasteiger partial charge is 0.255 e. The summed E-state index contributed by atoms with van der Waals surface area (Å²) in [4.78, 5) is 30.1. The van der Waals surface area contributed by atoms with Gasteiger partial charge in [0.25, 0.3) is 11.8 Å². The minimum Gasteiger partial charge on any atom is -0.348 e.